The van der Waals surface area contributed by atoms with Crippen molar-refractivity contribution in [3.05, 3.63) is 36.4 Å². The molecule has 0 aliphatic heterocycles. The number of aryl methyl sites for hydroxylation is 2. The predicted molar refractivity (Wildman–Crippen MR) is 91.2 cm³/mol. The van der Waals surface area contributed by atoms with Crippen LogP contribution in [-0.4, -0.2) is 13.9 Å². The Labute approximate surface area is 126 Å². The van der Waals surface area contributed by atoms with E-state index in [2.05, 4.69) is 43.8 Å². The fourth-order valence-electron chi connectivity index (χ4n) is 1.33. The summed E-state index contributed by atoms with van der Waals surface area (Å²) in [5.41, 5.74) is 2.05. The number of rotatable bonds is 1. The lowest BCUT2D eigenvalue weighted by atomic mass is 10.3. The van der Waals surface area contributed by atoms with E-state index in [9.17, 15) is 0 Å². The average molecular weight is 377 g/mol. The minimum atomic E-state index is 0.829. The Bertz CT molecular complexity index is 494. The largest absolute Gasteiger partial charge is 0.266 e. The second-order valence-electron chi connectivity index (χ2n) is 3.21. The molecule has 2 heterocycles. The maximum atomic E-state index is 4.39. The van der Waals surface area contributed by atoms with Crippen LogP contribution in [0, 0.1) is 13.8 Å². The van der Waals surface area contributed by atoms with E-state index in [1.807, 2.05) is 44.8 Å². The second-order valence-corrected chi connectivity index (χ2v) is 4.93. The summed E-state index contributed by atoms with van der Waals surface area (Å²) in [4.78, 5) is 8.71. The fraction of sp³-hybridized carbons (Fsp3) is 0.385. The first-order valence-corrected chi connectivity index (χ1v) is 9.14. The third-order valence-corrected chi connectivity index (χ3v) is 3.60. The van der Waals surface area contributed by atoms with Crippen molar-refractivity contribution in [1.29, 1.82) is 0 Å². The molecule has 0 bridgehead atoms. The Kier molecular flexibility index (Phi) is 9.09. The predicted octanol–water partition coefficient (Wildman–Crippen LogP) is 5.11. The van der Waals surface area contributed by atoms with Crippen LogP contribution >= 0.6 is 30.3 Å². The van der Waals surface area contributed by atoms with Gasteiger partial charge in [-0.1, -0.05) is 19.9 Å². The van der Waals surface area contributed by atoms with Crippen LogP contribution in [0.2, 0.25) is 0 Å². The lowest BCUT2D eigenvalue weighted by Gasteiger charge is -2.00. The Hall–Kier alpha value is -0.560. The summed E-state index contributed by atoms with van der Waals surface area (Å²) in [7, 11) is 1.62. The van der Waals surface area contributed by atoms with Crippen molar-refractivity contribution in [3.63, 3.8) is 0 Å². The summed E-state index contributed by atoms with van der Waals surface area (Å²) in [5, 5.41) is 1.13. The Morgan fingerprint density at radius 3 is 2.39 bits per heavy atom. The number of nitrogens with zero attached hydrogens (tertiary/aromatic N) is 3. The van der Waals surface area contributed by atoms with Gasteiger partial charge >= 0.3 is 0 Å². The molecular formula is C13H20IN3S. The Balaban J connectivity index is 0.000000509. The molecule has 18 heavy (non-hydrogen) atoms. The summed E-state index contributed by atoms with van der Waals surface area (Å²) in [5.74, 6) is 0.829. The van der Waals surface area contributed by atoms with Crippen LogP contribution in [0.4, 0.5) is 0 Å². The molecule has 0 saturated carbocycles. The highest BCUT2D eigenvalue weighted by Gasteiger charge is 2.06. The number of hydrogen-bond donors (Lipinski definition) is 0. The van der Waals surface area contributed by atoms with Crippen LogP contribution in [-0.2, 0) is 0 Å². The molecule has 2 rings (SSSR count). The van der Waals surface area contributed by atoms with E-state index in [4.69, 9.17) is 0 Å². The molecule has 3 nitrogen and oxygen atoms in total. The van der Waals surface area contributed by atoms with Crippen LogP contribution in [0.25, 0.3) is 11.0 Å². The summed E-state index contributed by atoms with van der Waals surface area (Å²) in [6.45, 7) is 13.2. The van der Waals surface area contributed by atoms with Gasteiger partial charge in [0.25, 0.3) is 0 Å². The zero-order valence-electron chi connectivity index (χ0n) is 11.6. The van der Waals surface area contributed by atoms with E-state index in [0.29, 0.717) is 0 Å². The highest BCUT2D eigenvalue weighted by molar-refractivity contribution is 14.2. The van der Waals surface area contributed by atoms with E-state index in [-0.39, 0.29) is 0 Å². The van der Waals surface area contributed by atoms with Gasteiger partial charge in [-0.2, -0.15) is 0 Å². The maximum Gasteiger partial charge on any atom is 0.154 e. The molecular weight excluding hydrogens is 357 g/mol. The van der Waals surface area contributed by atoms with Gasteiger partial charge in [0, 0.05) is 41.9 Å². The number of halogens is 1. The maximum absolute atomic E-state index is 4.39. The molecule has 0 N–H and O–H groups in total. The van der Waals surface area contributed by atoms with Crippen LogP contribution in [0.1, 0.15) is 32.3 Å². The first-order chi connectivity index (χ1) is 8.63. The standard InChI is InChI=1S/C8H8IN3S.C3H6.C2H6/c1-5-7-3-4-12(13-9)8(7)11-6(2)10-5;1-3-2;1-2/h3-4H,1-2H3;3H,1H2,2H3;1-2H3. The quantitative estimate of drug-likeness (QED) is 0.511. The molecule has 0 aliphatic carbocycles. The van der Waals surface area contributed by atoms with Crippen LogP contribution in [0.3, 0.4) is 0 Å². The van der Waals surface area contributed by atoms with Gasteiger partial charge in [0.2, 0.25) is 0 Å². The minimum absolute atomic E-state index is 0.829. The molecule has 2 aromatic rings. The van der Waals surface area contributed by atoms with Crippen LogP contribution in [0.15, 0.2) is 24.9 Å². The number of hydrogen-bond acceptors (Lipinski definition) is 3. The van der Waals surface area contributed by atoms with Crippen molar-refractivity contribution in [2.75, 3.05) is 0 Å². The van der Waals surface area contributed by atoms with Gasteiger partial charge in [0.1, 0.15) is 5.82 Å². The van der Waals surface area contributed by atoms with E-state index < -0.39 is 0 Å². The Morgan fingerprint density at radius 2 is 1.89 bits per heavy atom. The minimum Gasteiger partial charge on any atom is -0.266 e. The van der Waals surface area contributed by atoms with E-state index in [1.165, 1.54) is 0 Å². The molecule has 0 fully saturated rings. The summed E-state index contributed by atoms with van der Waals surface area (Å²) >= 11 is 2.24. The van der Waals surface area contributed by atoms with Crippen molar-refractivity contribution in [3.8, 4) is 0 Å². The molecule has 0 spiro atoms. The van der Waals surface area contributed by atoms with Crippen LogP contribution < -0.4 is 0 Å². The molecule has 0 saturated heterocycles. The SMILES string of the molecule is C=CC.CC.Cc1nc(C)c2ccn(SI)c2n1. The van der Waals surface area contributed by atoms with Crippen molar-refractivity contribution >= 4 is 41.4 Å². The van der Waals surface area contributed by atoms with Gasteiger partial charge in [-0.05, 0) is 26.8 Å². The van der Waals surface area contributed by atoms with Gasteiger partial charge < -0.3 is 0 Å². The normalized spacial score (nSPS) is 9.00. The van der Waals surface area contributed by atoms with Gasteiger partial charge in [0.15, 0.2) is 5.65 Å². The molecule has 0 aromatic carbocycles. The molecule has 100 valence electrons. The third-order valence-electron chi connectivity index (χ3n) is 1.89. The Morgan fingerprint density at radius 1 is 1.33 bits per heavy atom. The van der Waals surface area contributed by atoms with Crippen molar-refractivity contribution in [1.82, 2.24) is 13.9 Å². The first-order valence-electron chi connectivity index (χ1n) is 5.82. The molecule has 0 unspecified atom stereocenters. The smallest absolute Gasteiger partial charge is 0.154 e. The summed E-state index contributed by atoms with van der Waals surface area (Å²) in [6.07, 6.45) is 3.77. The average Bonchev–Trinajstić information content (AvgIpc) is 2.75. The number of aromatic nitrogens is 3. The molecule has 0 aliphatic rings. The second kappa shape index (κ2) is 9.38. The topological polar surface area (TPSA) is 30.7 Å². The van der Waals surface area contributed by atoms with E-state index in [0.717, 1.165) is 22.6 Å². The lowest BCUT2D eigenvalue weighted by molar-refractivity contribution is 1.04. The summed E-state index contributed by atoms with van der Waals surface area (Å²) < 4.78 is 2.04. The van der Waals surface area contributed by atoms with E-state index >= 15 is 0 Å². The first kappa shape index (κ1) is 17.4. The zero-order chi connectivity index (χ0) is 14.1. The molecule has 0 amide bonds. The number of fused-ring (bicyclic) bond motifs is 1. The van der Waals surface area contributed by atoms with Crippen molar-refractivity contribution in [2.24, 2.45) is 0 Å². The molecule has 0 atom stereocenters. The zero-order valence-corrected chi connectivity index (χ0v) is 14.5. The number of allylic oxidation sites excluding steroid dienone is 1. The summed E-state index contributed by atoms with van der Waals surface area (Å²) in [6, 6.07) is 2.05. The van der Waals surface area contributed by atoms with Crippen molar-refractivity contribution < 1.29 is 0 Å². The molecule has 2 aromatic heterocycles. The highest BCUT2D eigenvalue weighted by atomic mass is 127. The van der Waals surface area contributed by atoms with Gasteiger partial charge in [0.05, 0.1) is 5.69 Å². The van der Waals surface area contributed by atoms with Gasteiger partial charge in [-0.25, -0.2) is 9.97 Å². The third kappa shape index (κ3) is 4.61. The fourth-order valence-corrected chi connectivity index (χ4v) is 2.60. The molecule has 5 heteroatoms. The van der Waals surface area contributed by atoms with E-state index in [1.54, 1.807) is 15.2 Å². The lowest BCUT2D eigenvalue weighted by Crippen LogP contribution is -1.93. The van der Waals surface area contributed by atoms with Gasteiger partial charge in [-0.3, -0.25) is 3.97 Å². The van der Waals surface area contributed by atoms with Crippen molar-refractivity contribution in [2.45, 2.75) is 34.6 Å². The van der Waals surface area contributed by atoms with Gasteiger partial charge in [-0.15, -0.1) is 6.58 Å². The monoisotopic (exact) mass is 377 g/mol. The highest BCUT2D eigenvalue weighted by Crippen LogP contribution is 2.24. The molecule has 0 radical (unpaired) electrons. The van der Waals surface area contributed by atoms with Crippen LogP contribution in [0.5, 0.6) is 0 Å².